The molecule has 100 valence electrons. The molecule has 4 heteroatoms. The van der Waals surface area contributed by atoms with Crippen LogP contribution < -0.4 is 4.74 Å². The minimum absolute atomic E-state index is 0.466. The lowest BCUT2D eigenvalue weighted by molar-refractivity contribution is 0.190. The summed E-state index contributed by atoms with van der Waals surface area (Å²) >= 11 is 0. The summed E-state index contributed by atoms with van der Waals surface area (Å²) in [6.07, 6.45) is 3.03. The van der Waals surface area contributed by atoms with Crippen molar-refractivity contribution in [3.8, 4) is 17.1 Å². The highest BCUT2D eigenvalue weighted by atomic mass is 16.5. The first-order valence-corrected chi connectivity index (χ1v) is 6.33. The van der Waals surface area contributed by atoms with Gasteiger partial charge in [-0.3, -0.25) is 0 Å². The Hall–Kier alpha value is -2.75. The third-order valence-electron chi connectivity index (χ3n) is 2.99. The third kappa shape index (κ3) is 2.49. The van der Waals surface area contributed by atoms with Crippen molar-refractivity contribution in [2.45, 2.75) is 6.61 Å². The molecule has 3 aromatic rings. The number of benzene rings is 2. The van der Waals surface area contributed by atoms with Crippen LogP contribution in [0.2, 0.25) is 0 Å². The largest absolute Gasteiger partial charge is 0.488 e. The van der Waals surface area contributed by atoms with Gasteiger partial charge in [-0.2, -0.15) is 4.73 Å². The Morgan fingerprint density at radius 1 is 1.00 bits per heavy atom. The Morgan fingerprint density at radius 3 is 2.50 bits per heavy atom. The van der Waals surface area contributed by atoms with Gasteiger partial charge in [0.05, 0.1) is 11.8 Å². The summed E-state index contributed by atoms with van der Waals surface area (Å²) in [6.45, 7) is 0.476. The van der Waals surface area contributed by atoms with E-state index >= 15 is 0 Å². The van der Waals surface area contributed by atoms with E-state index in [2.05, 4.69) is 4.98 Å². The molecule has 0 aliphatic carbocycles. The Kier molecular flexibility index (Phi) is 3.37. The van der Waals surface area contributed by atoms with E-state index in [1.54, 1.807) is 6.20 Å². The monoisotopic (exact) mass is 266 g/mol. The number of para-hydroxylation sites is 1. The van der Waals surface area contributed by atoms with Crippen molar-refractivity contribution >= 4 is 0 Å². The smallest absolute Gasteiger partial charge is 0.178 e. The summed E-state index contributed by atoms with van der Waals surface area (Å²) in [5, 5.41) is 9.71. The molecule has 0 spiro atoms. The van der Waals surface area contributed by atoms with E-state index in [1.807, 2.05) is 54.6 Å². The number of ether oxygens (including phenoxy) is 1. The Morgan fingerprint density at radius 2 is 1.75 bits per heavy atom. The molecule has 0 radical (unpaired) electrons. The van der Waals surface area contributed by atoms with Crippen LogP contribution in [0.3, 0.4) is 0 Å². The van der Waals surface area contributed by atoms with Gasteiger partial charge in [0.1, 0.15) is 12.4 Å². The molecule has 0 bridgehead atoms. The van der Waals surface area contributed by atoms with E-state index < -0.39 is 0 Å². The normalized spacial score (nSPS) is 10.4. The Bertz CT molecular complexity index is 692. The van der Waals surface area contributed by atoms with Crippen LogP contribution in [0.1, 0.15) is 5.56 Å². The van der Waals surface area contributed by atoms with Gasteiger partial charge in [-0.25, -0.2) is 4.98 Å². The molecule has 0 amide bonds. The van der Waals surface area contributed by atoms with E-state index in [0.29, 0.717) is 18.2 Å². The van der Waals surface area contributed by atoms with Crippen LogP contribution in [0.4, 0.5) is 0 Å². The number of imidazole rings is 1. The molecule has 0 saturated heterocycles. The van der Waals surface area contributed by atoms with Gasteiger partial charge in [0, 0.05) is 6.20 Å². The number of hydrogen-bond donors (Lipinski definition) is 1. The highest BCUT2D eigenvalue weighted by Crippen LogP contribution is 2.28. The summed E-state index contributed by atoms with van der Waals surface area (Å²) in [6, 6.07) is 17.5. The van der Waals surface area contributed by atoms with Crippen molar-refractivity contribution in [2.75, 3.05) is 0 Å². The molecule has 0 atom stereocenters. The first-order valence-electron chi connectivity index (χ1n) is 6.33. The second-order valence-corrected chi connectivity index (χ2v) is 4.37. The average molecular weight is 266 g/mol. The standard InChI is InChI=1S/C16H14N2O2/c19-18-11-10-17-16(18)14-8-4-5-9-15(14)20-12-13-6-2-1-3-7-13/h1-11,19H,12H2. The van der Waals surface area contributed by atoms with E-state index in [0.717, 1.165) is 15.9 Å². The van der Waals surface area contributed by atoms with Crippen molar-refractivity contribution in [1.29, 1.82) is 0 Å². The molecular weight excluding hydrogens is 252 g/mol. The molecule has 1 aromatic heterocycles. The quantitative estimate of drug-likeness (QED) is 0.736. The first kappa shape index (κ1) is 12.3. The van der Waals surface area contributed by atoms with Gasteiger partial charge in [0.25, 0.3) is 0 Å². The molecule has 0 saturated carbocycles. The topological polar surface area (TPSA) is 47.3 Å². The number of aromatic nitrogens is 2. The van der Waals surface area contributed by atoms with Crippen molar-refractivity contribution in [3.05, 3.63) is 72.6 Å². The van der Waals surface area contributed by atoms with Gasteiger partial charge < -0.3 is 9.94 Å². The van der Waals surface area contributed by atoms with E-state index in [4.69, 9.17) is 4.74 Å². The molecular formula is C16H14N2O2. The van der Waals surface area contributed by atoms with Crippen molar-refractivity contribution < 1.29 is 9.94 Å². The van der Waals surface area contributed by atoms with Gasteiger partial charge in [-0.15, -0.1) is 0 Å². The van der Waals surface area contributed by atoms with E-state index in [-0.39, 0.29) is 0 Å². The fraction of sp³-hybridized carbons (Fsp3) is 0.0625. The number of hydrogen-bond acceptors (Lipinski definition) is 3. The summed E-state index contributed by atoms with van der Waals surface area (Å²) < 4.78 is 6.83. The van der Waals surface area contributed by atoms with E-state index in [9.17, 15) is 5.21 Å². The minimum Gasteiger partial charge on any atom is -0.488 e. The molecule has 1 N–H and O–H groups in total. The van der Waals surface area contributed by atoms with Crippen molar-refractivity contribution in [2.24, 2.45) is 0 Å². The van der Waals surface area contributed by atoms with Gasteiger partial charge >= 0.3 is 0 Å². The zero-order chi connectivity index (χ0) is 13.8. The molecule has 4 nitrogen and oxygen atoms in total. The van der Waals surface area contributed by atoms with Gasteiger partial charge in [0.15, 0.2) is 5.82 Å². The highest BCUT2D eigenvalue weighted by Gasteiger charge is 2.11. The summed E-state index contributed by atoms with van der Waals surface area (Å²) in [5.41, 5.74) is 1.85. The summed E-state index contributed by atoms with van der Waals surface area (Å²) in [4.78, 5) is 4.13. The minimum atomic E-state index is 0.466. The molecule has 0 aliphatic rings. The zero-order valence-corrected chi connectivity index (χ0v) is 10.8. The summed E-state index contributed by atoms with van der Waals surface area (Å²) in [5.74, 6) is 1.16. The predicted octanol–water partition coefficient (Wildman–Crippen LogP) is 3.37. The van der Waals surface area contributed by atoms with Crippen LogP contribution in [-0.4, -0.2) is 14.9 Å². The lowest BCUT2D eigenvalue weighted by Crippen LogP contribution is -1.99. The Balaban J connectivity index is 1.86. The van der Waals surface area contributed by atoms with Crippen LogP contribution in [0, 0.1) is 0 Å². The van der Waals surface area contributed by atoms with Gasteiger partial charge in [0.2, 0.25) is 0 Å². The maximum absolute atomic E-state index is 9.71. The average Bonchev–Trinajstić information content (AvgIpc) is 2.92. The van der Waals surface area contributed by atoms with Crippen molar-refractivity contribution in [3.63, 3.8) is 0 Å². The number of rotatable bonds is 4. The lowest BCUT2D eigenvalue weighted by Gasteiger charge is -2.10. The van der Waals surface area contributed by atoms with E-state index in [1.165, 1.54) is 6.20 Å². The van der Waals surface area contributed by atoms with Gasteiger partial charge in [-0.05, 0) is 17.7 Å². The van der Waals surface area contributed by atoms with Crippen LogP contribution >= 0.6 is 0 Å². The van der Waals surface area contributed by atoms with Crippen molar-refractivity contribution in [1.82, 2.24) is 9.71 Å². The zero-order valence-electron chi connectivity index (χ0n) is 10.8. The molecule has 0 aliphatic heterocycles. The third-order valence-corrected chi connectivity index (χ3v) is 2.99. The van der Waals surface area contributed by atoms with Crippen LogP contribution in [-0.2, 0) is 6.61 Å². The second-order valence-electron chi connectivity index (χ2n) is 4.37. The summed E-state index contributed by atoms with van der Waals surface area (Å²) in [7, 11) is 0. The van der Waals surface area contributed by atoms with Crippen LogP contribution in [0.15, 0.2) is 67.0 Å². The molecule has 0 unspecified atom stereocenters. The van der Waals surface area contributed by atoms with Crippen LogP contribution in [0.5, 0.6) is 5.75 Å². The van der Waals surface area contributed by atoms with Gasteiger partial charge in [-0.1, -0.05) is 42.5 Å². The lowest BCUT2D eigenvalue weighted by atomic mass is 10.2. The second kappa shape index (κ2) is 5.48. The molecule has 2 aromatic carbocycles. The maximum Gasteiger partial charge on any atom is 0.178 e. The highest BCUT2D eigenvalue weighted by molar-refractivity contribution is 5.64. The molecule has 1 heterocycles. The molecule has 0 fully saturated rings. The number of nitrogens with zero attached hydrogens (tertiary/aromatic N) is 2. The fourth-order valence-electron chi connectivity index (χ4n) is 2.00. The van der Waals surface area contributed by atoms with Crippen LogP contribution in [0.25, 0.3) is 11.4 Å². The SMILES string of the molecule is On1ccnc1-c1ccccc1OCc1ccccc1. The molecule has 3 rings (SSSR count). The predicted molar refractivity (Wildman–Crippen MR) is 75.6 cm³/mol. The maximum atomic E-state index is 9.71. The fourth-order valence-corrected chi connectivity index (χ4v) is 2.00. The first-order chi connectivity index (χ1) is 9.84. The Labute approximate surface area is 116 Å². The molecule has 20 heavy (non-hydrogen) atoms.